The Morgan fingerprint density at radius 1 is 0.833 bits per heavy atom. The highest BCUT2D eigenvalue weighted by atomic mass is 16.2. The molecule has 2 fully saturated rings. The van der Waals surface area contributed by atoms with Crippen molar-refractivity contribution in [2.45, 2.75) is 19.3 Å². The molecule has 180 valence electrons. The molecule has 0 bridgehead atoms. The van der Waals surface area contributed by atoms with Crippen molar-refractivity contribution in [1.29, 1.82) is 0 Å². The lowest BCUT2D eigenvalue weighted by Crippen LogP contribution is -2.74. The second-order valence-corrected chi connectivity index (χ2v) is 10.8. The molecule has 0 radical (unpaired) electrons. The van der Waals surface area contributed by atoms with E-state index in [1.54, 1.807) is 0 Å². The van der Waals surface area contributed by atoms with Gasteiger partial charge in [-0.25, -0.2) is 0 Å². The molecular formula is C30H28N4O2. The summed E-state index contributed by atoms with van der Waals surface area (Å²) in [6.07, 6.45) is 2.77. The van der Waals surface area contributed by atoms with Gasteiger partial charge < -0.3 is 9.80 Å². The lowest BCUT2D eigenvalue weighted by Gasteiger charge is -2.60. The first kappa shape index (κ1) is 21.4. The third-order valence-electron chi connectivity index (χ3n) is 8.27. The molecule has 0 saturated carbocycles. The minimum absolute atomic E-state index is 0.0343. The van der Waals surface area contributed by atoms with Crippen LogP contribution in [0.25, 0.3) is 22.0 Å². The number of aromatic amines is 1. The minimum Gasteiger partial charge on any atom is -0.341 e. The summed E-state index contributed by atoms with van der Waals surface area (Å²) in [5.74, 6) is 0.340. The van der Waals surface area contributed by atoms with E-state index in [0.29, 0.717) is 18.8 Å². The number of rotatable bonds is 3. The molecule has 7 rings (SSSR count). The summed E-state index contributed by atoms with van der Waals surface area (Å²) < 4.78 is 0. The lowest BCUT2D eigenvalue weighted by atomic mass is 9.71. The van der Waals surface area contributed by atoms with Crippen LogP contribution in [-0.2, 0) is 17.6 Å². The molecule has 2 amide bonds. The van der Waals surface area contributed by atoms with Crippen molar-refractivity contribution in [1.82, 2.24) is 20.0 Å². The first-order chi connectivity index (χ1) is 17.6. The summed E-state index contributed by atoms with van der Waals surface area (Å²) in [4.78, 5) is 30.2. The van der Waals surface area contributed by atoms with E-state index >= 15 is 0 Å². The van der Waals surface area contributed by atoms with Gasteiger partial charge in [0.25, 0.3) is 5.91 Å². The number of amides is 2. The standard InChI is InChI=1S/C30H28N4O2/c35-28(24-11-10-21-8-4-5-9-22(21)14-24)33-16-30(17-33)18-34(19-30)29(36)27-25-13-12-23(15-26(25)31-32-27)20-6-2-1-3-7-20/h1-9,12-13,15,24H,10-11,14,16-19H2,(H,31,32). The van der Waals surface area contributed by atoms with Crippen LogP contribution in [0.15, 0.2) is 72.8 Å². The highest BCUT2D eigenvalue weighted by molar-refractivity contribution is 6.05. The van der Waals surface area contributed by atoms with Gasteiger partial charge in [-0.3, -0.25) is 14.7 Å². The highest BCUT2D eigenvalue weighted by Gasteiger charge is 2.55. The molecular weight excluding hydrogens is 448 g/mol. The second-order valence-electron chi connectivity index (χ2n) is 10.8. The van der Waals surface area contributed by atoms with E-state index in [9.17, 15) is 9.59 Å². The summed E-state index contributed by atoms with van der Waals surface area (Å²) >= 11 is 0. The molecule has 3 aliphatic rings. The van der Waals surface area contributed by atoms with Gasteiger partial charge in [-0.15, -0.1) is 0 Å². The zero-order valence-electron chi connectivity index (χ0n) is 20.1. The van der Waals surface area contributed by atoms with Crippen molar-refractivity contribution < 1.29 is 9.59 Å². The van der Waals surface area contributed by atoms with E-state index in [-0.39, 0.29) is 23.1 Å². The fraction of sp³-hybridized carbons (Fsp3) is 0.300. The molecule has 1 unspecified atom stereocenters. The summed E-state index contributed by atoms with van der Waals surface area (Å²) in [7, 11) is 0. The summed E-state index contributed by atoms with van der Waals surface area (Å²) in [6, 6.07) is 24.7. The Morgan fingerprint density at radius 3 is 2.36 bits per heavy atom. The molecule has 3 heterocycles. The first-order valence-corrected chi connectivity index (χ1v) is 12.8. The first-order valence-electron chi connectivity index (χ1n) is 12.8. The Morgan fingerprint density at radius 2 is 1.56 bits per heavy atom. The largest absolute Gasteiger partial charge is 0.341 e. The van der Waals surface area contributed by atoms with Gasteiger partial charge >= 0.3 is 0 Å². The number of benzene rings is 3. The molecule has 1 spiro atoms. The van der Waals surface area contributed by atoms with E-state index in [2.05, 4.69) is 46.6 Å². The van der Waals surface area contributed by atoms with Crippen LogP contribution >= 0.6 is 0 Å². The number of H-pyrrole nitrogens is 1. The van der Waals surface area contributed by atoms with Crippen molar-refractivity contribution in [2.24, 2.45) is 11.3 Å². The Labute approximate surface area is 209 Å². The predicted molar refractivity (Wildman–Crippen MR) is 138 cm³/mol. The normalized spacial score (nSPS) is 20.1. The molecule has 6 heteroatoms. The molecule has 2 saturated heterocycles. The second kappa shape index (κ2) is 8.05. The summed E-state index contributed by atoms with van der Waals surface area (Å²) in [5, 5.41) is 8.26. The van der Waals surface area contributed by atoms with Crippen LogP contribution in [-0.4, -0.2) is 58.0 Å². The zero-order chi connectivity index (χ0) is 24.3. The smallest absolute Gasteiger partial charge is 0.275 e. The van der Waals surface area contributed by atoms with E-state index in [4.69, 9.17) is 0 Å². The molecule has 1 N–H and O–H groups in total. The van der Waals surface area contributed by atoms with Crippen molar-refractivity contribution in [3.05, 3.63) is 89.6 Å². The van der Waals surface area contributed by atoms with Crippen molar-refractivity contribution in [2.75, 3.05) is 26.2 Å². The highest BCUT2D eigenvalue weighted by Crippen LogP contribution is 2.42. The number of aryl methyl sites for hydroxylation is 1. The fourth-order valence-corrected chi connectivity index (χ4v) is 6.34. The zero-order valence-corrected chi connectivity index (χ0v) is 20.1. The number of carbonyl (C=O) groups is 2. The van der Waals surface area contributed by atoms with E-state index < -0.39 is 0 Å². The monoisotopic (exact) mass is 476 g/mol. The third kappa shape index (κ3) is 3.43. The van der Waals surface area contributed by atoms with Gasteiger partial charge in [-0.1, -0.05) is 60.7 Å². The van der Waals surface area contributed by atoms with Gasteiger partial charge in [-0.05, 0) is 53.6 Å². The molecule has 2 aliphatic heterocycles. The Balaban J connectivity index is 0.982. The number of aromatic nitrogens is 2. The molecule has 4 aromatic rings. The Hall–Kier alpha value is -3.93. The lowest BCUT2D eigenvalue weighted by molar-refractivity contribution is -0.159. The van der Waals surface area contributed by atoms with Crippen LogP contribution in [0.3, 0.4) is 0 Å². The van der Waals surface area contributed by atoms with Gasteiger partial charge in [0.05, 0.1) is 5.52 Å². The molecule has 36 heavy (non-hydrogen) atoms. The van der Waals surface area contributed by atoms with E-state index in [1.807, 2.05) is 46.2 Å². The van der Waals surface area contributed by atoms with Crippen LogP contribution in [0.2, 0.25) is 0 Å². The van der Waals surface area contributed by atoms with Crippen molar-refractivity contribution >= 4 is 22.7 Å². The molecule has 1 aliphatic carbocycles. The molecule has 3 aromatic carbocycles. The summed E-state index contributed by atoms with van der Waals surface area (Å²) in [6.45, 7) is 2.91. The van der Waals surface area contributed by atoms with Crippen LogP contribution in [0.4, 0.5) is 0 Å². The number of nitrogens with one attached hydrogen (secondary N) is 1. The average molecular weight is 477 g/mol. The van der Waals surface area contributed by atoms with E-state index in [1.165, 1.54) is 11.1 Å². The van der Waals surface area contributed by atoms with Gasteiger partial charge in [0.15, 0.2) is 5.69 Å². The maximum atomic E-state index is 13.2. The van der Waals surface area contributed by atoms with Crippen molar-refractivity contribution in [3.8, 4) is 11.1 Å². The molecule has 1 atom stereocenters. The average Bonchev–Trinajstić information content (AvgIpc) is 3.30. The quantitative estimate of drug-likeness (QED) is 0.479. The number of hydrogen-bond acceptors (Lipinski definition) is 3. The van der Waals surface area contributed by atoms with Crippen molar-refractivity contribution in [3.63, 3.8) is 0 Å². The van der Waals surface area contributed by atoms with Crippen LogP contribution < -0.4 is 0 Å². The van der Waals surface area contributed by atoms with E-state index in [0.717, 1.165) is 54.4 Å². The topological polar surface area (TPSA) is 69.3 Å². The number of likely N-dealkylation sites (tertiary alicyclic amines) is 2. The molecule has 1 aromatic heterocycles. The molecule has 6 nitrogen and oxygen atoms in total. The fourth-order valence-electron chi connectivity index (χ4n) is 6.34. The van der Waals surface area contributed by atoms with Gasteiger partial charge in [0.1, 0.15) is 0 Å². The van der Waals surface area contributed by atoms with Crippen LogP contribution in [0.1, 0.15) is 28.0 Å². The maximum Gasteiger partial charge on any atom is 0.275 e. The minimum atomic E-state index is -0.0343. The summed E-state index contributed by atoms with van der Waals surface area (Å²) in [5.41, 5.74) is 6.33. The SMILES string of the molecule is O=C(c1n[nH]c2cc(-c3ccccc3)ccc12)N1CC2(C1)CN(C(=O)C1CCc3ccccc3C1)C2. The van der Waals surface area contributed by atoms with Gasteiger partial charge in [-0.2, -0.15) is 5.10 Å². The Kier molecular flexibility index (Phi) is 4.78. The van der Waals surface area contributed by atoms with Crippen LogP contribution in [0, 0.1) is 11.3 Å². The predicted octanol–water partition coefficient (Wildman–Crippen LogP) is 4.32. The number of fused-ring (bicyclic) bond motifs is 2. The van der Waals surface area contributed by atoms with Gasteiger partial charge in [0, 0.05) is 42.9 Å². The number of hydrogen-bond donors (Lipinski definition) is 1. The van der Waals surface area contributed by atoms with Gasteiger partial charge in [0.2, 0.25) is 5.91 Å². The Bertz CT molecular complexity index is 1480. The maximum absolute atomic E-state index is 13.2. The number of carbonyl (C=O) groups excluding carboxylic acids is 2. The van der Waals surface area contributed by atoms with Crippen LogP contribution in [0.5, 0.6) is 0 Å². The third-order valence-corrected chi connectivity index (χ3v) is 8.27. The number of nitrogens with zero attached hydrogens (tertiary/aromatic N) is 3.